The number of fused-ring (bicyclic) bond motifs is 1. The number of thiazole rings is 1. The van der Waals surface area contributed by atoms with E-state index in [1.54, 1.807) is 11.3 Å². The third kappa shape index (κ3) is 2.68. The Morgan fingerprint density at radius 3 is 2.70 bits per heavy atom. The summed E-state index contributed by atoms with van der Waals surface area (Å²) in [6, 6.07) is 15.6. The Hall–Kier alpha value is -2.40. The van der Waals surface area contributed by atoms with Crippen LogP contribution in [0.2, 0.25) is 0 Å². The van der Waals surface area contributed by atoms with Gasteiger partial charge in [-0.25, -0.2) is 9.78 Å². The zero-order chi connectivity index (χ0) is 15.8. The molecule has 0 bridgehead atoms. The number of carbonyl (C=O) groups excluding carboxylic acids is 1. The highest BCUT2D eigenvalue weighted by molar-refractivity contribution is 7.22. The molecule has 0 atom stereocenters. The van der Waals surface area contributed by atoms with E-state index >= 15 is 0 Å². The van der Waals surface area contributed by atoms with E-state index in [2.05, 4.69) is 16.0 Å². The Balaban J connectivity index is 1.40. The Morgan fingerprint density at radius 2 is 1.91 bits per heavy atom. The van der Waals surface area contributed by atoms with E-state index in [4.69, 9.17) is 4.74 Å². The van der Waals surface area contributed by atoms with Crippen LogP contribution >= 0.6 is 11.3 Å². The van der Waals surface area contributed by atoms with Crippen molar-refractivity contribution in [1.29, 1.82) is 0 Å². The van der Waals surface area contributed by atoms with Crippen molar-refractivity contribution < 1.29 is 9.53 Å². The molecule has 23 heavy (non-hydrogen) atoms. The zero-order valence-electron chi connectivity index (χ0n) is 12.7. The predicted molar refractivity (Wildman–Crippen MR) is 92.2 cm³/mol. The lowest BCUT2D eigenvalue weighted by molar-refractivity contribution is 0.0233. The first kappa shape index (κ1) is 14.2. The van der Waals surface area contributed by atoms with Crippen LogP contribution in [0.4, 0.5) is 5.13 Å². The molecule has 0 unspecified atom stereocenters. The van der Waals surface area contributed by atoms with Gasteiger partial charge in [-0.3, -0.25) is 0 Å². The average Bonchev–Trinajstić information content (AvgIpc) is 2.94. The molecular weight excluding hydrogens is 308 g/mol. The maximum absolute atomic E-state index is 12.2. The van der Waals surface area contributed by atoms with Gasteiger partial charge in [-0.05, 0) is 30.7 Å². The number of benzene rings is 2. The molecule has 1 aliphatic heterocycles. The van der Waals surface area contributed by atoms with Crippen LogP contribution in [0.5, 0.6) is 0 Å². The second-order valence-corrected chi connectivity index (χ2v) is 6.72. The number of hydrogen-bond acceptors (Lipinski definition) is 5. The molecule has 0 spiro atoms. The molecule has 0 radical (unpaired) electrons. The summed E-state index contributed by atoms with van der Waals surface area (Å²) in [5, 5.41) is 0.995. The van der Waals surface area contributed by atoms with Crippen LogP contribution in [0, 0.1) is 6.92 Å². The lowest BCUT2D eigenvalue weighted by Crippen LogP contribution is -2.53. The number of carbonyl (C=O) groups is 1. The first-order valence-corrected chi connectivity index (χ1v) is 8.39. The van der Waals surface area contributed by atoms with Gasteiger partial charge in [0.1, 0.15) is 6.10 Å². The Kier molecular flexibility index (Phi) is 3.50. The summed E-state index contributed by atoms with van der Waals surface area (Å²) in [6.45, 7) is 3.33. The highest BCUT2D eigenvalue weighted by Gasteiger charge is 2.32. The molecule has 2 aromatic carbocycles. The molecule has 1 aromatic heterocycles. The first-order chi connectivity index (χ1) is 11.2. The largest absolute Gasteiger partial charge is 0.455 e. The third-order valence-electron chi connectivity index (χ3n) is 4.04. The average molecular weight is 324 g/mol. The highest BCUT2D eigenvalue weighted by atomic mass is 32.1. The number of anilines is 1. The van der Waals surface area contributed by atoms with Crippen LogP contribution in [0.1, 0.15) is 15.9 Å². The number of para-hydroxylation sites is 1. The van der Waals surface area contributed by atoms with Gasteiger partial charge in [0.25, 0.3) is 0 Å². The molecule has 116 valence electrons. The van der Waals surface area contributed by atoms with Crippen LogP contribution in [0.25, 0.3) is 10.2 Å². The molecule has 3 aromatic rings. The van der Waals surface area contributed by atoms with Gasteiger partial charge in [-0.2, -0.15) is 0 Å². The van der Waals surface area contributed by atoms with Crippen molar-refractivity contribution in [2.75, 3.05) is 18.0 Å². The van der Waals surface area contributed by atoms with Crippen LogP contribution in [-0.4, -0.2) is 30.1 Å². The van der Waals surface area contributed by atoms with Gasteiger partial charge in [0.05, 0.1) is 28.9 Å². The fraction of sp³-hybridized carbons (Fsp3) is 0.222. The highest BCUT2D eigenvalue weighted by Crippen LogP contribution is 2.31. The van der Waals surface area contributed by atoms with Crippen molar-refractivity contribution in [2.24, 2.45) is 0 Å². The van der Waals surface area contributed by atoms with E-state index in [0.29, 0.717) is 18.7 Å². The van der Waals surface area contributed by atoms with Gasteiger partial charge in [0.2, 0.25) is 0 Å². The second-order valence-electron chi connectivity index (χ2n) is 5.71. The summed E-state index contributed by atoms with van der Waals surface area (Å²) in [7, 11) is 0. The van der Waals surface area contributed by atoms with Gasteiger partial charge >= 0.3 is 5.97 Å². The van der Waals surface area contributed by atoms with Crippen molar-refractivity contribution in [1.82, 2.24) is 4.98 Å². The number of ether oxygens (including phenoxy) is 1. The van der Waals surface area contributed by atoms with Gasteiger partial charge < -0.3 is 9.64 Å². The van der Waals surface area contributed by atoms with E-state index in [-0.39, 0.29) is 12.1 Å². The van der Waals surface area contributed by atoms with Crippen LogP contribution in [0.3, 0.4) is 0 Å². The molecule has 4 rings (SSSR count). The normalized spacial score (nSPS) is 14.7. The molecule has 4 nitrogen and oxygen atoms in total. The lowest BCUT2D eigenvalue weighted by Gasteiger charge is -2.38. The van der Waals surface area contributed by atoms with E-state index in [1.807, 2.05) is 49.4 Å². The fourth-order valence-corrected chi connectivity index (χ4v) is 3.66. The molecule has 1 saturated heterocycles. The summed E-state index contributed by atoms with van der Waals surface area (Å²) in [6.07, 6.45) is -0.0610. The van der Waals surface area contributed by atoms with Crippen molar-refractivity contribution in [3.63, 3.8) is 0 Å². The summed E-state index contributed by atoms with van der Waals surface area (Å²) in [5.74, 6) is -0.239. The van der Waals surface area contributed by atoms with E-state index in [9.17, 15) is 4.79 Å². The molecular formula is C18H16N2O2S. The molecule has 0 aliphatic carbocycles. The minimum atomic E-state index is -0.239. The number of esters is 1. The van der Waals surface area contributed by atoms with E-state index in [0.717, 1.165) is 16.2 Å². The zero-order valence-corrected chi connectivity index (χ0v) is 13.5. The third-order valence-corrected chi connectivity index (χ3v) is 5.14. The molecule has 1 aliphatic rings. The number of aromatic nitrogens is 1. The topological polar surface area (TPSA) is 42.4 Å². The molecule has 2 heterocycles. The molecule has 0 saturated carbocycles. The SMILES string of the molecule is Cc1ccccc1C(=O)OC1CN(c2nc3ccccc3s2)C1. The maximum atomic E-state index is 12.2. The van der Waals surface area contributed by atoms with Crippen molar-refractivity contribution in [3.05, 3.63) is 59.7 Å². The minimum Gasteiger partial charge on any atom is -0.455 e. The smallest absolute Gasteiger partial charge is 0.338 e. The van der Waals surface area contributed by atoms with Crippen LogP contribution in [0.15, 0.2) is 48.5 Å². The Morgan fingerprint density at radius 1 is 1.17 bits per heavy atom. The van der Waals surface area contributed by atoms with Crippen LogP contribution in [-0.2, 0) is 4.74 Å². The Bertz CT molecular complexity index is 835. The quantitative estimate of drug-likeness (QED) is 0.690. The lowest BCUT2D eigenvalue weighted by atomic mass is 10.1. The second kappa shape index (κ2) is 5.66. The Labute approximate surface area is 138 Å². The maximum Gasteiger partial charge on any atom is 0.338 e. The van der Waals surface area contributed by atoms with Gasteiger partial charge in [-0.1, -0.05) is 41.7 Å². The number of rotatable bonds is 3. The van der Waals surface area contributed by atoms with E-state index in [1.165, 1.54) is 4.70 Å². The molecule has 5 heteroatoms. The standard InChI is InChI=1S/C18H16N2O2S/c1-12-6-2-3-7-14(12)17(21)22-13-10-20(11-13)18-19-15-8-4-5-9-16(15)23-18/h2-9,13H,10-11H2,1H3. The van der Waals surface area contributed by atoms with Gasteiger partial charge in [-0.15, -0.1) is 0 Å². The summed E-state index contributed by atoms with van der Waals surface area (Å²) in [5.41, 5.74) is 2.61. The first-order valence-electron chi connectivity index (χ1n) is 7.58. The molecule has 1 fully saturated rings. The fourth-order valence-electron chi connectivity index (χ4n) is 2.68. The van der Waals surface area contributed by atoms with Crippen molar-refractivity contribution in [2.45, 2.75) is 13.0 Å². The summed E-state index contributed by atoms with van der Waals surface area (Å²) in [4.78, 5) is 19.0. The molecule has 0 N–H and O–H groups in total. The monoisotopic (exact) mass is 324 g/mol. The van der Waals surface area contributed by atoms with Crippen molar-refractivity contribution >= 4 is 32.7 Å². The number of aryl methyl sites for hydroxylation is 1. The summed E-state index contributed by atoms with van der Waals surface area (Å²) >= 11 is 1.68. The molecule has 0 amide bonds. The van der Waals surface area contributed by atoms with Crippen molar-refractivity contribution in [3.8, 4) is 0 Å². The minimum absolute atomic E-state index is 0.0610. The summed E-state index contributed by atoms with van der Waals surface area (Å²) < 4.78 is 6.76. The number of nitrogens with zero attached hydrogens (tertiary/aromatic N) is 2. The van der Waals surface area contributed by atoms with E-state index < -0.39 is 0 Å². The predicted octanol–water partition coefficient (Wildman–Crippen LogP) is 3.65. The number of hydrogen-bond donors (Lipinski definition) is 0. The van der Waals surface area contributed by atoms with Gasteiger partial charge in [0, 0.05) is 0 Å². The van der Waals surface area contributed by atoms with Gasteiger partial charge in [0.15, 0.2) is 5.13 Å². The van der Waals surface area contributed by atoms with Crippen LogP contribution < -0.4 is 4.90 Å².